The lowest BCUT2D eigenvalue weighted by Crippen LogP contribution is -2.37. The summed E-state index contributed by atoms with van der Waals surface area (Å²) < 4.78 is 0. The van der Waals surface area contributed by atoms with Crippen LogP contribution in [0.4, 0.5) is 0 Å². The first kappa shape index (κ1) is 11.9. The van der Waals surface area contributed by atoms with E-state index in [1.807, 2.05) is 43.3 Å². The molecule has 1 aromatic carbocycles. The second-order valence-corrected chi connectivity index (χ2v) is 4.81. The average molecular weight is 249 g/mol. The molecule has 88 valence electrons. The molecule has 1 aliphatic rings. The Kier molecular flexibility index (Phi) is 3.07. The fraction of sp³-hybridized carbons (Fsp3) is 0.214. The molecular formula is C14H13ClO2. The molecule has 2 unspecified atom stereocenters. The topological polar surface area (TPSA) is 37.3 Å². The standard InChI is InChI=1S/C14H13ClO2/c1-10-9-12(11-5-3-2-4-6-11)7-8-14(10,15)13(16)17/h2-10H,1H3,(H,16,17). The van der Waals surface area contributed by atoms with E-state index in [9.17, 15) is 4.79 Å². The van der Waals surface area contributed by atoms with Gasteiger partial charge in [0.2, 0.25) is 0 Å². The van der Waals surface area contributed by atoms with Crippen LogP contribution in [0.2, 0.25) is 0 Å². The van der Waals surface area contributed by atoms with Gasteiger partial charge in [-0.25, -0.2) is 4.79 Å². The molecule has 1 N–H and O–H groups in total. The van der Waals surface area contributed by atoms with Gasteiger partial charge < -0.3 is 5.11 Å². The maximum Gasteiger partial charge on any atom is 0.329 e. The Morgan fingerprint density at radius 1 is 1.35 bits per heavy atom. The molecule has 0 heterocycles. The average Bonchev–Trinajstić information content (AvgIpc) is 2.33. The molecule has 0 bridgehead atoms. The largest absolute Gasteiger partial charge is 0.480 e. The number of allylic oxidation sites excluding steroid dienone is 3. The Balaban J connectivity index is 2.34. The van der Waals surface area contributed by atoms with Crippen LogP contribution < -0.4 is 0 Å². The fourth-order valence-electron chi connectivity index (χ4n) is 1.90. The highest BCUT2D eigenvalue weighted by atomic mass is 35.5. The van der Waals surface area contributed by atoms with Crippen LogP contribution in [-0.2, 0) is 4.79 Å². The Bertz CT molecular complexity index is 490. The lowest BCUT2D eigenvalue weighted by Gasteiger charge is -2.27. The van der Waals surface area contributed by atoms with Gasteiger partial charge in [-0.15, -0.1) is 11.6 Å². The highest BCUT2D eigenvalue weighted by Crippen LogP contribution is 2.36. The van der Waals surface area contributed by atoms with E-state index in [1.54, 1.807) is 12.2 Å². The molecule has 0 saturated carbocycles. The van der Waals surface area contributed by atoms with Crippen molar-refractivity contribution in [3.63, 3.8) is 0 Å². The maximum absolute atomic E-state index is 11.1. The summed E-state index contributed by atoms with van der Waals surface area (Å²) in [7, 11) is 0. The minimum Gasteiger partial charge on any atom is -0.480 e. The van der Waals surface area contributed by atoms with Crippen molar-refractivity contribution in [3.05, 3.63) is 54.1 Å². The summed E-state index contributed by atoms with van der Waals surface area (Å²) >= 11 is 6.08. The minimum atomic E-state index is -1.32. The molecular weight excluding hydrogens is 236 g/mol. The van der Waals surface area contributed by atoms with Gasteiger partial charge in [0.05, 0.1) is 0 Å². The lowest BCUT2D eigenvalue weighted by atomic mass is 9.84. The molecule has 1 aromatic rings. The monoisotopic (exact) mass is 248 g/mol. The van der Waals surface area contributed by atoms with Crippen molar-refractivity contribution in [3.8, 4) is 0 Å². The van der Waals surface area contributed by atoms with Gasteiger partial charge in [0.15, 0.2) is 4.87 Å². The van der Waals surface area contributed by atoms with Crippen molar-refractivity contribution >= 4 is 23.1 Å². The number of carbonyl (C=O) groups is 1. The SMILES string of the molecule is CC1C=C(c2ccccc2)C=CC1(Cl)C(=O)O. The minimum absolute atomic E-state index is 0.248. The first-order valence-electron chi connectivity index (χ1n) is 5.43. The highest BCUT2D eigenvalue weighted by molar-refractivity contribution is 6.36. The summed E-state index contributed by atoms with van der Waals surface area (Å²) in [5, 5.41) is 9.11. The van der Waals surface area contributed by atoms with Gasteiger partial charge in [-0.1, -0.05) is 55.5 Å². The van der Waals surface area contributed by atoms with Gasteiger partial charge >= 0.3 is 5.97 Å². The van der Waals surface area contributed by atoms with E-state index in [-0.39, 0.29) is 5.92 Å². The molecule has 0 aliphatic heterocycles. The van der Waals surface area contributed by atoms with Crippen LogP contribution >= 0.6 is 11.6 Å². The summed E-state index contributed by atoms with van der Waals surface area (Å²) in [6, 6.07) is 9.84. The maximum atomic E-state index is 11.1. The molecule has 2 atom stereocenters. The summed E-state index contributed by atoms with van der Waals surface area (Å²) in [4.78, 5) is 9.80. The van der Waals surface area contributed by atoms with Crippen molar-refractivity contribution in [2.75, 3.05) is 0 Å². The van der Waals surface area contributed by atoms with Crippen LogP contribution in [0.3, 0.4) is 0 Å². The van der Waals surface area contributed by atoms with Crippen LogP contribution in [0.1, 0.15) is 12.5 Å². The first-order chi connectivity index (χ1) is 8.04. The van der Waals surface area contributed by atoms with E-state index in [4.69, 9.17) is 16.7 Å². The lowest BCUT2D eigenvalue weighted by molar-refractivity contribution is -0.139. The van der Waals surface area contributed by atoms with E-state index >= 15 is 0 Å². The summed E-state index contributed by atoms with van der Waals surface area (Å²) in [5.41, 5.74) is 2.08. The molecule has 0 radical (unpaired) electrons. The van der Waals surface area contributed by atoms with Gasteiger partial charge in [-0.3, -0.25) is 0 Å². The molecule has 0 saturated heterocycles. The summed E-state index contributed by atoms with van der Waals surface area (Å²) in [6.45, 7) is 1.81. The number of hydrogen-bond acceptors (Lipinski definition) is 1. The van der Waals surface area contributed by atoms with Crippen LogP contribution in [0, 0.1) is 5.92 Å². The predicted octanol–water partition coefficient (Wildman–Crippen LogP) is 3.34. The van der Waals surface area contributed by atoms with Crippen LogP contribution in [0.5, 0.6) is 0 Å². The Morgan fingerprint density at radius 2 is 2.00 bits per heavy atom. The van der Waals surface area contributed by atoms with Crippen molar-refractivity contribution in [1.82, 2.24) is 0 Å². The normalized spacial score (nSPS) is 27.6. The van der Waals surface area contributed by atoms with E-state index in [0.29, 0.717) is 0 Å². The molecule has 1 aliphatic carbocycles. The van der Waals surface area contributed by atoms with Gasteiger partial charge in [0, 0.05) is 5.92 Å². The van der Waals surface area contributed by atoms with Gasteiger partial charge in [-0.2, -0.15) is 0 Å². The zero-order chi connectivity index (χ0) is 12.5. The number of benzene rings is 1. The van der Waals surface area contributed by atoms with Gasteiger partial charge in [-0.05, 0) is 11.1 Å². The van der Waals surface area contributed by atoms with Crippen LogP contribution in [0.25, 0.3) is 5.57 Å². The van der Waals surface area contributed by atoms with Crippen molar-refractivity contribution < 1.29 is 9.90 Å². The number of alkyl halides is 1. The predicted molar refractivity (Wildman–Crippen MR) is 68.9 cm³/mol. The number of carboxylic acids is 1. The summed E-state index contributed by atoms with van der Waals surface area (Å²) in [6.07, 6.45) is 5.23. The van der Waals surface area contributed by atoms with Crippen molar-refractivity contribution in [1.29, 1.82) is 0 Å². The molecule has 0 amide bonds. The zero-order valence-electron chi connectivity index (χ0n) is 9.43. The van der Waals surface area contributed by atoms with E-state index in [2.05, 4.69) is 0 Å². The van der Waals surface area contributed by atoms with Crippen LogP contribution in [0.15, 0.2) is 48.6 Å². The number of carboxylic acid groups (broad SMARTS) is 1. The second-order valence-electron chi connectivity index (χ2n) is 4.18. The Hall–Kier alpha value is -1.54. The molecule has 3 heteroatoms. The van der Waals surface area contributed by atoms with Gasteiger partial charge in [0.1, 0.15) is 0 Å². The smallest absolute Gasteiger partial charge is 0.329 e. The van der Waals surface area contributed by atoms with E-state index in [1.165, 1.54) is 0 Å². The molecule has 0 fully saturated rings. The third-order valence-corrected chi connectivity index (χ3v) is 3.66. The van der Waals surface area contributed by atoms with Crippen LogP contribution in [-0.4, -0.2) is 16.0 Å². The van der Waals surface area contributed by atoms with E-state index < -0.39 is 10.8 Å². The third-order valence-electron chi connectivity index (χ3n) is 3.03. The number of aliphatic carboxylic acids is 1. The summed E-state index contributed by atoms with van der Waals surface area (Å²) in [5.74, 6) is -1.26. The molecule has 0 spiro atoms. The quantitative estimate of drug-likeness (QED) is 0.815. The molecule has 2 nitrogen and oxygen atoms in total. The van der Waals surface area contributed by atoms with E-state index in [0.717, 1.165) is 11.1 Å². The zero-order valence-corrected chi connectivity index (χ0v) is 10.2. The number of halogens is 1. The number of rotatable bonds is 2. The third kappa shape index (κ3) is 2.13. The molecule has 2 rings (SSSR count). The highest BCUT2D eigenvalue weighted by Gasteiger charge is 2.40. The molecule has 0 aromatic heterocycles. The number of hydrogen-bond donors (Lipinski definition) is 1. The Labute approximate surface area is 105 Å². The first-order valence-corrected chi connectivity index (χ1v) is 5.80. The van der Waals surface area contributed by atoms with Crippen molar-refractivity contribution in [2.24, 2.45) is 5.92 Å². The van der Waals surface area contributed by atoms with Gasteiger partial charge in [0.25, 0.3) is 0 Å². The second kappa shape index (κ2) is 4.38. The fourth-order valence-corrected chi connectivity index (χ4v) is 2.02. The Morgan fingerprint density at radius 3 is 2.53 bits per heavy atom. The molecule has 17 heavy (non-hydrogen) atoms. The van der Waals surface area contributed by atoms with Crippen molar-refractivity contribution in [2.45, 2.75) is 11.8 Å².